The molecule has 0 aromatic heterocycles. The first kappa shape index (κ1) is 11.6. The monoisotopic (exact) mass is 249 g/mol. The lowest BCUT2D eigenvalue weighted by Crippen LogP contribution is -1.93. The largest absolute Gasteiger partial charge is 0.494 e. The van der Waals surface area contributed by atoms with Crippen LogP contribution in [-0.4, -0.2) is 7.11 Å². The normalized spacial score (nSPS) is 10.0. The van der Waals surface area contributed by atoms with E-state index in [9.17, 15) is 0 Å². The van der Waals surface area contributed by atoms with Crippen molar-refractivity contribution in [3.05, 3.63) is 47.5 Å². The van der Waals surface area contributed by atoms with E-state index < -0.39 is 0 Å². The van der Waals surface area contributed by atoms with E-state index in [2.05, 4.69) is 0 Å². The summed E-state index contributed by atoms with van der Waals surface area (Å²) in [5.41, 5.74) is 6.29. The molecule has 2 aromatic rings. The van der Waals surface area contributed by atoms with Crippen LogP contribution in [0.5, 0.6) is 17.2 Å². The van der Waals surface area contributed by atoms with Crippen LogP contribution in [0.15, 0.2) is 42.5 Å². The summed E-state index contributed by atoms with van der Waals surface area (Å²) in [6.07, 6.45) is 0. The quantitative estimate of drug-likeness (QED) is 0.843. The van der Waals surface area contributed by atoms with Crippen LogP contribution in [0, 0.1) is 0 Å². The number of rotatable bonds is 3. The SMILES string of the molecule is COc1cc(Oc2ccccc2Cl)ccc1N. The zero-order chi connectivity index (χ0) is 12.3. The van der Waals surface area contributed by atoms with Gasteiger partial charge in [0, 0.05) is 6.07 Å². The van der Waals surface area contributed by atoms with Crippen molar-refractivity contribution >= 4 is 17.3 Å². The van der Waals surface area contributed by atoms with E-state index >= 15 is 0 Å². The molecular weight excluding hydrogens is 238 g/mol. The highest BCUT2D eigenvalue weighted by Crippen LogP contribution is 2.32. The van der Waals surface area contributed by atoms with Gasteiger partial charge in [-0.1, -0.05) is 23.7 Å². The van der Waals surface area contributed by atoms with E-state index in [1.165, 1.54) is 0 Å². The Morgan fingerprint density at radius 3 is 2.53 bits per heavy atom. The fraction of sp³-hybridized carbons (Fsp3) is 0.0769. The van der Waals surface area contributed by atoms with E-state index in [0.29, 0.717) is 28.0 Å². The first-order valence-corrected chi connectivity index (χ1v) is 5.44. The number of hydrogen-bond donors (Lipinski definition) is 1. The van der Waals surface area contributed by atoms with Gasteiger partial charge in [-0.3, -0.25) is 0 Å². The third-order valence-electron chi connectivity index (χ3n) is 2.27. The molecule has 4 heteroatoms. The van der Waals surface area contributed by atoms with Gasteiger partial charge in [0.05, 0.1) is 17.8 Å². The molecule has 0 aliphatic rings. The smallest absolute Gasteiger partial charge is 0.146 e. The summed E-state index contributed by atoms with van der Waals surface area (Å²) in [7, 11) is 1.56. The van der Waals surface area contributed by atoms with Crippen LogP contribution in [0.3, 0.4) is 0 Å². The van der Waals surface area contributed by atoms with E-state index in [1.54, 1.807) is 37.4 Å². The van der Waals surface area contributed by atoms with Crippen molar-refractivity contribution in [1.82, 2.24) is 0 Å². The zero-order valence-corrected chi connectivity index (χ0v) is 10.1. The molecule has 2 N–H and O–H groups in total. The summed E-state index contributed by atoms with van der Waals surface area (Å²) in [5.74, 6) is 1.81. The first-order chi connectivity index (χ1) is 8.20. The Bertz CT molecular complexity index is 529. The summed E-state index contributed by atoms with van der Waals surface area (Å²) >= 11 is 6.00. The van der Waals surface area contributed by atoms with Crippen LogP contribution in [0.2, 0.25) is 5.02 Å². The molecule has 88 valence electrons. The van der Waals surface area contributed by atoms with Gasteiger partial charge in [-0.2, -0.15) is 0 Å². The van der Waals surface area contributed by atoms with Crippen molar-refractivity contribution in [2.24, 2.45) is 0 Å². The maximum Gasteiger partial charge on any atom is 0.146 e. The van der Waals surface area contributed by atoms with Gasteiger partial charge in [-0.15, -0.1) is 0 Å². The number of nitrogens with two attached hydrogens (primary N) is 1. The van der Waals surface area contributed by atoms with Crippen LogP contribution in [0.25, 0.3) is 0 Å². The predicted octanol–water partition coefficient (Wildman–Crippen LogP) is 3.72. The molecule has 0 atom stereocenters. The van der Waals surface area contributed by atoms with Crippen LogP contribution < -0.4 is 15.2 Å². The molecule has 0 radical (unpaired) electrons. The lowest BCUT2D eigenvalue weighted by atomic mass is 10.3. The highest BCUT2D eigenvalue weighted by molar-refractivity contribution is 6.32. The summed E-state index contributed by atoms with van der Waals surface area (Å²) < 4.78 is 10.8. The maximum absolute atomic E-state index is 6.00. The number of nitrogen functional groups attached to an aromatic ring is 1. The molecule has 0 saturated heterocycles. The third kappa shape index (κ3) is 2.63. The molecule has 2 rings (SSSR count). The van der Waals surface area contributed by atoms with Crippen molar-refractivity contribution in [2.45, 2.75) is 0 Å². The molecule has 3 nitrogen and oxygen atoms in total. The van der Waals surface area contributed by atoms with Crippen LogP contribution in [0.1, 0.15) is 0 Å². The first-order valence-electron chi connectivity index (χ1n) is 5.06. The Kier molecular flexibility index (Phi) is 3.40. The van der Waals surface area contributed by atoms with E-state index in [4.69, 9.17) is 26.8 Å². The average Bonchev–Trinajstić information content (AvgIpc) is 2.34. The molecule has 2 aromatic carbocycles. The number of anilines is 1. The Hall–Kier alpha value is -1.87. The van der Waals surface area contributed by atoms with Gasteiger partial charge < -0.3 is 15.2 Å². The molecule has 0 amide bonds. The Labute approximate surface area is 105 Å². The highest BCUT2D eigenvalue weighted by atomic mass is 35.5. The molecule has 0 spiro atoms. The van der Waals surface area contributed by atoms with Crippen molar-refractivity contribution in [3.63, 3.8) is 0 Å². The second kappa shape index (κ2) is 4.97. The number of halogens is 1. The summed E-state index contributed by atoms with van der Waals surface area (Å²) in [4.78, 5) is 0. The number of benzene rings is 2. The van der Waals surface area contributed by atoms with Gasteiger partial charge in [0.1, 0.15) is 17.2 Å². The van der Waals surface area contributed by atoms with Crippen LogP contribution >= 0.6 is 11.6 Å². The topological polar surface area (TPSA) is 44.5 Å². The van der Waals surface area contributed by atoms with Gasteiger partial charge >= 0.3 is 0 Å². The lowest BCUT2D eigenvalue weighted by Gasteiger charge is -2.10. The van der Waals surface area contributed by atoms with Gasteiger partial charge in [-0.25, -0.2) is 0 Å². The van der Waals surface area contributed by atoms with Crippen LogP contribution in [-0.2, 0) is 0 Å². The average molecular weight is 250 g/mol. The number of para-hydroxylation sites is 1. The van der Waals surface area contributed by atoms with Gasteiger partial charge in [0.25, 0.3) is 0 Å². The van der Waals surface area contributed by atoms with E-state index in [0.717, 1.165) is 0 Å². The Morgan fingerprint density at radius 1 is 1.06 bits per heavy atom. The minimum absolute atomic E-state index is 0.559. The lowest BCUT2D eigenvalue weighted by molar-refractivity contribution is 0.411. The molecule has 0 bridgehead atoms. The summed E-state index contributed by atoms with van der Waals surface area (Å²) in [6.45, 7) is 0. The number of hydrogen-bond acceptors (Lipinski definition) is 3. The molecule has 0 unspecified atom stereocenters. The molecular formula is C13H12ClNO2. The molecule has 0 fully saturated rings. The minimum Gasteiger partial charge on any atom is -0.494 e. The van der Waals surface area contributed by atoms with Crippen molar-refractivity contribution < 1.29 is 9.47 Å². The maximum atomic E-state index is 6.00. The Balaban J connectivity index is 2.28. The highest BCUT2D eigenvalue weighted by Gasteiger charge is 2.05. The van der Waals surface area contributed by atoms with Crippen molar-refractivity contribution in [2.75, 3.05) is 12.8 Å². The molecule has 17 heavy (non-hydrogen) atoms. The Morgan fingerprint density at radius 2 is 1.82 bits per heavy atom. The fourth-order valence-electron chi connectivity index (χ4n) is 1.41. The van der Waals surface area contributed by atoms with Crippen molar-refractivity contribution in [1.29, 1.82) is 0 Å². The number of methoxy groups -OCH3 is 1. The summed E-state index contributed by atoms with van der Waals surface area (Å²) in [5, 5.41) is 0.559. The van der Waals surface area contributed by atoms with Gasteiger partial charge in [-0.05, 0) is 24.3 Å². The van der Waals surface area contributed by atoms with E-state index in [1.807, 2.05) is 12.1 Å². The second-order valence-electron chi connectivity index (χ2n) is 3.44. The van der Waals surface area contributed by atoms with Gasteiger partial charge in [0.2, 0.25) is 0 Å². The van der Waals surface area contributed by atoms with Crippen molar-refractivity contribution in [3.8, 4) is 17.2 Å². The zero-order valence-electron chi connectivity index (χ0n) is 9.31. The third-order valence-corrected chi connectivity index (χ3v) is 2.58. The van der Waals surface area contributed by atoms with Gasteiger partial charge in [0.15, 0.2) is 0 Å². The minimum atomic E-state index is 0.559. The van der Waals surface area contributed by atoms with Crippen LogP contribution in [0.4, 0.5) is 5.69 Å². The molecule has 0 saturated carbocycles. The van der Waals surface area contributed by atoms with E-state index in [-0.39, 0.29) is 0 Å². The predicted molar refractivity (Wildman–Crippen MR) is 68.9 cm³/mol. The molecule has 0 aliphatic heterocycles. The summed E-state index contributed by atoms with van der Waals surface area (Å²) in [6, 6.07) is 12.5. The molecule has 0 aliphatic carbocycles. The fourth-order valence-corrected chi connectivity index (χ4v) is 1.58. The standard InChI is InChI=1S/C13H12ClNO2/c1-16-13-8-9(6-7-11(13)15)17-12-5-3-2-4-10(12)14/h2-8H,15H2,1H3. The second-order valence-corrected chi connectivity index (χ2v) is 3.84. The molecule has 0 heterocycles. The number of ether oxygens (including phenoxy) is 2.